The molecule has 2 saturated carbocycles. The van der Waals surface area contributed by atoms with Crippen LogP contribution in [0.1, 0.15) is 78.3 Å². The number of carbonyl (C=O) groups is 3. The third-order valence-corrected chi connectivity index (χ3v) is 9.98. The quantitative estimate of drug-likeness (QED) is 0.502. The molecule has 3 heterocycles. The van der Waals surface area contributed by atoms with Gasteiger partial charge in [-0.25, -0.2) is 14.8 Å². The van der Waals surface area contributed by atoms with Crippen LogP contribution in [0.2, 0.25) is 0 Å². The highest BCUT2D eigenvalue weighted by Gasteiger charge is 2.52. The van der Waals surface area contributed by atoms with Gasteiger partial charge in [0.2, 0.25) is 11.8 Å². The van der Waals surface area contributed by atoms with E-state index in [9.17, 15) is 14.4 Å². The average Bonchev–Trinajstić information content (AvgIpc) is 3.87. The first kappa shape index (κ1) is 29.6. The second kappa shape index (κ2) is 11.2. The average molecular weight is 593 g/mol. The summed E-state index contributed by atoms with van der Waals surface area (Å²) >= 11 is 0. The maximum atomic E-state index is 14.1. The maximum Gasteiger partial charge on any atom is 0.408 e. The van der Waals surface area contributed by atoms with Crippen molar-refractivity contribution in [2.75, 3.05) is 13.7 Å². The van der Waals surface area contributed by atoms with Gasteiger partial charge in [-0.2, -0.15) is 0 Å². The number of fused-ring (bicyclic) bond motifs is 5. The number of carbonyl (C=O) groups excluding carboxylic acids is 3. The Morgan fingerprint density at radius 3 is 2.58 bits per heavy atom. The molecule has 6 atom stereocenters. The van der Waals surface area contributed by atoms with E-state index in [0.717, 1.165) is 43.2 Å². The van der Waals surface area contributed by atoms with E-state index in [1.54, 1.807) is 12.0 Å². The van der Waals surface area contributed by atoms with Crippen molar-refractivity contribution in [3.8, 4) is 11.6 Å². The number of ether oxygens (including phenoxy) is 3. The predicted molar refractivity (Wildman–Crippen MR) is 160 cm³/mol. The molecular formula is C33H44N4O6. The van der Waals surface area contributed by atoms with Crippen LogP contribution in [0.3, 0.4) is 0 Å². The molecule has 1 saturated heterocycles. The lowest BCUT2D eigenvalue weighted by Crippen LogP contribution is -2.56. The summed E-state index contributed by atoms with van der Waals surface area (Å²) in [6.45, 7) is 7.91. The van der Waals surface area contributed by atoms with Crippen LogP contribution in [0.4, 0.5) is 4.79 Å². The van der Waals surface area contributed by atoms with Crippen molar-refractivity contribution >= 4 is 29.3 Å². The van der Waals surface area contributed by atoms with Crippen molar-refractivity contribution < 1.29 is 28.6 Å². The first-order valence-electron chi connectivity index (χ1n) is 15.8. The Morgan fingerprint density at radius 2 is 1.91 bits per heavy atom. The van der Waals surface area contributed by atoms with Gasteiger partial charge in [0.25, 0.3) is 0 Å². The Kier molecular flexibility index (Phi) is 7.75. The summed E-state index contributed by atoms with van der Waals surface area (Å²) in [6, 6.07) is 4.08. The van der Waals surface area contributed by atoms with Crippen molar-refractivity contribution in [3.05, 3.63) is 23.9 Å². The second-order valence-corrected chi connectivity index (χ2v) is 14.1. The molecule has 0 radical (unpaired) electrons. The Hall–Kier alpha value is -3.43. The maximum absolute atomic E-state index is 14.1. The zero-order valence-electron chi connectivity index (χ0n) is 25.9. The number of aldehydes is 1. The Labute approximate surface area is 253 Å². The molecule has 232 valence electrons. The van der Waals surface area contributed by atoms with Gasteiger partial charge < -0.3 is 29.2 Å². The number of hydrogen-bond acceptors (Lipinski definition) is 8. The summed E-state index contributed by atoms with van der Waals surface area (Å²) in [7, 11) is 1.62. The third-order valence-electron chi connectivity index (χ3n) is 9.98. The van der Waals surface area contributed by atoms with Gasteiger partial charge in [-0.05, 0) is 74.3 Å². The van der Waals surface area contributed by atoms with Gasteiger partial charge >= 0.3 is 6.09 Å². The number of rotatable bonds is 3. The van der Waals surface area contributed by atoms with Crippen molar-refractivity contribution in [3.63, 3.8) is 0 Å². The minimum absolute atomic E-state index is 0.112. The van der Waals surface area contributed by atoms with E-state index >= 15 is 0 Å². The summed E-state index contributed by atoms with van der Waals surface area (Å²) in [5.41, 5.74) is 1.92. The van der Waals surface area contributed by atoms with E-state index in [4.69, 9.17) is 24.2 Å². The molecule has 10 nitrogen and oxygen atoms in total. The monoisotopic (exact) mass is 592 g/mol. The van der Waals surface area contributed by atoms with Gasteiger partial charge in [0, 0.05) is 17.9 Å². The van der Waals surface area contributed by atoms with Crippen LogP contribution in [-0.2, 0) is 20.7 Å². The number of aryl methyl sites for hydroxylation is 1. The van der Waals surface area contributed by atoms with E-state index in [0.29, 0.717) is 41.3 Å². The fourth-order valence-corrected chi connectivity index (χ4v) is 7.13. The second-order valence-electron chi connectivity index (χ2n) is 14.1. The molecular weight excluding hydrogens is 548 g/mol. The van der Waals surface area contributed by atoms with Gasteiger partial charge in [-0.15, -0.1) is 0 Å². The van der Waals surface area contributed by atoms with Crippen LogP contribution in [0.25, 0.3) is 11.0 Å². The van der Waals surface area contributed by atoms with Crippen LogP contribution < -0.4 is 14.8 Å². The van der Waals surface area contributed by atoms with Crippen LogP contribution in [0.5, 0.6) is 11.6 Å². The molecule has 4 aliphatic rings. The lowest BCUT2D eigenvalue weighted by atomic mass is 9.85. The fraction of sp³-hybridized carbons (Fsp3) is 0.667. The number of nitrogens with one attached hydrogen (secondary N) is 1. The number of benzene rings is 1. The van der Waals surface area contributed by atoms with Crippen LogP contribution in [0.15, 0.2) is 18.2 Å². The Bertz CT molecular complexity index is 1400. The molecule has 2 aliphatic heterocycles. The van der Waals surface area contributed by atoms with Crippen molar-refractivity contribution in [1.82, 2.24) is 20.2 Å². The van der Waals surface area contributed by atoms with Gasteiger partial charge in [-0.3, -0.25) is 4.79 Å². The highest BCUT2D eigenvalue weighted by Crippen LogP contribution is 2.58. The molecule has 10 heteroatoms. The van der Waals surface area contributed by atoms with E-state index in [1.807, 2.05) is 45.9 Å². The zero-order valence-corrected chi connectivity index (χ0v) is 25.9. The molecule has 1 spiro atoms. The standard InChI is InChI=1S/C33H44N4O6/c1-6-21-25(18-38)37-17-27(21)42-29-23(34-22-10-9-20(41-5)15-24(22)35-29)8-7-11-33(12-13-33)16-19-14-26(19)43-31(40)36-28(30(37)39)32(2,3)4/h9-10,15,18-19,21,25-28H,6-8,11-14,16-17H2,1-5H3,(H,36,40)/t19-,21-,25+,26+,27-,28+/m0/s1. The number of hydrogen-bond donors (Lipinski definition) is 1. The van der Waals surface area contributed by atoms with Gasteiger partial charge in [-0.1, -0.05) is 27.7 Å². The molecule has 1 aromatic heterocycles. The molecule has 2 bridgehead atoms. The van der Waals surface area contributed by atoms with E-state index in [2.05, 4.69) is 5.32 Å². The van der Waals surface area contributed by atoms with Gasteiger partial charge in [0.05, 0.1) is 30.7 Å². The molecule has 1 N–H and O–H groups in total. The molecule has 6 rings (SSSR count). The SMILES string of the molecule is CC[C@@H]1[C@@H]2CN(C(=O)[C@H](C(C)(C)C)NC(=O)O[C@@H]3C[C@H]3CC3(CCCc4nc5ccc(OC)cc5nc4O2)CC3)[C@@H]1C=O. The van der Waals surface area contributed by atoms with E-state index in [-0.39, 0.29) is 24.5 Å². The summed E-state index contributed by atoms with van der Waals surface area (Å²) in [5.74, 6) is 0.930. The van der Waals surface area contributed by atoms with Crippen LogP contribution in [0, 0.1) is 22.7 Å². The van der Waals surface area contributed by atoms with E-state index < -0.39 is 29.7 Å². The number of methoxy groups -OCH3 is 1. The Balaban J connectivity index is 1.37. The summed E-state index contributed by atoms with van der Waals surface area (Å²) in [6.07, 6.45) is 7.35. The first-order valence-corrected chi connectivity index (χ1v) is 15.8. The Morgan fingerprint density at radius 1 is 1.12 bits per heavy atom. The summed E-state index contributed by atoms with van der Waals surface area (Å²) in [4.78, 5) is 51.1. The minimum Gasteiger partial charge on any atom is -0.497 e. The first-order chi connectivity index (χ1) is 20.5. The highest BCUT2D eigenvalue weighted by atomic mass is 16.6. The minimum atomic E-state index is -0.868. The molecule has 3 fully saturated rings. The van der Waals surface area contributed by atoms with E-state index in [1.165, 1.54) is 12.8 Å². The number of aromatic nitrogens is 2. The number of amides is 2. The molecule has 0 unspecified atom stereocenters. The lowest BCUT2D eigenvalue weighted by Gasteiger charge is -2.34. The molecule has 2 amide bonds. The molecule has 2 aromatic rings. The van der Waals surface area contributed by atoms with Crippen molar-refractivity contribution in [2.45, 2.75) is 103 Å². The molecule has 43 heavy (non-hydrogen) atoms. The number of alkyl carbamates (subject to hydrolysis) is 1. The van der Waals surface area contributed by atoms with Crippen molar-refractivity contribution in [1.29, 1.82) is 0 Å². The fourth-order valence-electron chi connectivity index (χ4n) is 7.13. The summed E-state index contributed by atoms with van der Waals surface area (Å²) < 4.78 is 17.9. The smallest absolute Gasteiger partial charge is 0.408 e. The third kappa shape index (κ3) is 6.02. The number of nitrogens with zero attached hydrogens (tertiary/aromatic N) is 3. The highest BCUT2D eigenvalue weighted by molar-refractivity contribution is 5.89. The van der Waals surface area contributed by atoms with Gasteiger partial charge in [0.1, 0.15) is 36.0 Å². The van der Waals surface area contributed by atoms with Gasteiger partial charge in [0.15, 0.2) is 0 Å². The topological polar surface area (TPSA) is 120 Å². The van der Waals surface area contributed by atoms with Crippen molar-refractivity contribution in [2.24, 2.45) is 22.7 Å². The van der Waals surface area contributed by atoms with Crippen LogP contribution in [-0.4, -0.2) is 71.1 Å². The molecule has 1 aromatic carbocycles. The molecule has 2 aliphatic carbocycles. The predicted octanol–water partition coefficient (Wildman–Crippen LogP) is 4.86. The van der Waals surface area contributed by atoms with Crippen LogP contribution >= 0.6 is 0 Å². The normalized spacial score (nSPS) is 30.7. The zero-order chi connectivity index (χ0) is 30.5. The largest absolute Gasteiger partial charge is 0.497 e. The summed E-state index contributed by atoms with van der Waals surface area (Å²) in [5, 5.41) is 2.87. The lowest BCUT2D eigenvalue weighted by molar-refractivity contribution is -0.139.